The van der Waals surface area contributed by atoms with Gasteiger partial charge in [-0.15, -0.1) is 0 Å². The summed E-state index contributed by atoms with van der Waals surface area (Å²) in [5.74, 6) is -2.45. The molecule has 2 fully saturated rings. The van der Waals surface area contributed by atoms with E-state index in [0.717, 1.165) is 0 Å². The van der Waals surface area contributed by atoms with E-state index in [9.17, 15) is 13.6 Å². The molecular weight excluding hydrogens is 347 g/mol. The zero-order chi connectivity index (χ0) is 16.6. The fourth-order valence-corrected chi connectivity index (χ4v) is 3.33. The van der Waals surface area contributed by atoms with Gasteiger partial charge in [0.2, 0.25) is 11.8 Å². The second kappa shape index (κ2) is 6.44. The number of ether oxygens (including phenoxy) is 1. The number of carbonyl (C=O) groups excluding carboxylic acids is 1. The largest absolute Gasteiger partial charge is 0.485 e. The van der Waals surface area contributed by atoms with Gasteiger partial charge < -0.3 is 9.64 Å². The third kappa shape index (κ3) is 3.72. The van der Waals surface area contributed by atoms with Crippen molar-refractivity contribution in [2.24, 2.45) is 5.92 Å². The van der Waals surface area contributed by atoms with Gasteiger partial charge in [-0.05, 0) is 25.0 Å². The summed E-state index contributed by atoms with van der Waals surface area (Å²) in [6.07, 6.45) is -0.0213. The van der Waals surface area contributed by atoms with Gasteiger partial charge in [0.05, 0.1) is 18.1 Å². The van der Waals surface area contributed by atoms with Crippen LogP contribution in [0.3, 0.4) is 0 Å². The average Bonchev–Trinajstić information content (AvgIpc) is 2.46. The van der Waals surface area contributed by atoms with Gasteiger partial charge in [0.15, 0.2) is 0 Å². The van der Waals surface area contributed by atoms with Crippen molar-refractivity contribution in [3.8, 4) is 5.75 Å². The maximum atomic E-state index is 13.1. The van der Waals surface area contributed by atoms with Gasteiger partial charge in [-0.25, -0.2) is 8.78 Å². The van der Waals surface area contributed by atoms with Crippen molar-refractivity contribution in [3.05, 3.63) is 28.2 Å². The highest BCUT2D eigenvalue weighted by Crippen LogP contribution is 2.38. The topological polar surface area (TPSA) is 29.5 Å². The zero-order valence-corrected chi connectivity index (χ0v) is 13.9. The molecule has 1 aliphatic heterocycles. The number of nitrogens with zero attached hydrogens (tertiary/aromatic N) is 1. The Morgan fingerprint density at radius 1 is 1.22 bits per heavy atom. The van der Waals surface area contributed by atoms with E-state index < -0.39 is 5.92 Å². The van der Waals surface area contributed by atoms with Gasteiger partial charge in [0.1, 0.15) is 16.9 Å². The summed E-state index contributed by atoms with van der Waals surface area (Å²) in [7, 11) is 0. The van der Waals surface area contributed by atoms with Crippen LogP contribution in [-0.4, -0.2) is 35.9 Å². The SMILES string of the molecule is O=C(C1CCC(F)(F)CC1)N1CC(Oc2cccc(Cl)c2Cl)C1. The minimum Gasteiger partial charge on any atom is -0.485 e. The van der Waals surface area contributed by atoms with E-state index in [-0.39, 0.29) is 43.6 Å². The van der Waals surface area contributed by atoms with Crippen LogP contribution in [0.25, 0.3) is 0 Å². The first kappa shape index (κ1) is 16.8. The molecule has 0 spiro atoms. The fraction of sp³-hybridized carbons (Fsp3) is 0.562. The highest BCUT2D eigenvalue weighted by atomic mass is 35.5. The molecule has 3 rings (SSSR count). The molecule has 1 aromatic carbocycles. The van der Waals surface area contributed by atoms with Crippen molar-refractivity contribution in [1.82, 2.24) is 4.90 Å². The van der Waals surface area contributed by atoms with E-state index >= 15 is 0 Å². The molecule has 1 heterocycles. The third-order valence-corrected chi connectivity index (χ3v) is 5.24. The van der Waals surface area contributed by atoms with Gasteiger partial charge >= 0.3 is 0 Å². The minimum absolute atomic E-state index is 0.0439. The lowest BCUT2D eigenvalue weighted by Crippen LogP contribution is -2.58. The van der Waals surface area contributed by atoms with Gasteiger partial charge in [-0.2, -0.15) is 0 Å². The Labute approximate surface area is 143 Å². The first-order chi connectivity index (χ1) is 10.9. The maximum Gasteiger partial charge on any atom is 0.248 e. The maximum absolute atomic E-state index is 13.1. The summed E-state index contributed by atoms with van der Waals surface area (Å²) in [5, 5.41) is 0.771. The molecule has 1 saturated carbocycles. The van der Waals surface area contributed by atoms with E-state index in [1.54, 1.807) is 23.1 Å². The van der Waals surface area contributed by atoms with Gasteiger partial charge in [-0.3, -0.25) is 4.79 Å². The molecule has 126 valence electrons. The van der Waals surface area contributed by atoms with Gasteiger partial charge in [0.25, 0.3) is 0 Å². The normalized spacial score (nSPS) is 21.8. The molecule has 0 bridgehead atoms. The number of hydrogen-bond donors (Lipinski definition) is 0. The molecule has 3 nitrogen and oxygen atoms in total. The number of halogens is 4. The molecule has 1 aromatic rings. The highest BCUT2D eigenvalue weighted by molar-refractivity contribution is 6.42. The molecule has 0 aromatic heterocycles. The fourth-order valence-electron chi connectivity index (χ4n) is 2.99. The molecule has 1 amide bonds. The van der Waals surface area contributed by atoms with Crippen molar-refractivity contribution in [1.29, 1.82) is 0 Å². The van der Waals surface area contributed by atoms with Crippen LogP contribution in [0.2, 0.25) is 10.0 Å². The van der Waals surface area contributed by atoms with Crippen LogP contribution in [0.1, 0.15) is 25.7 Å². The molecule has 1 saturated heterocycles. The summed E-state index contributed by atoms with van der Waals surface area (Å²) < 4.78 is 32.0. The lowest BCUT2D eigenvalue weighted by Gasteiger charge is -2.41. The smallest absolute Gasteiger partial charge is 0.248 e. The number of amides is 1. The summed E-state index contributed by atoms with van der Waals surface area (Å²) in [5.41, 5.74) is 0. The second-order valence-electron chi connectivity index (χ2n) is 6.17. The average molecular weight is 364 g/mol. The number of rotatable bonds is 3. The van der Waals surface area contributed by atoms with Gasteiger partial charge in [0, 0.05) is 18.8 Å². The van der Waals surface area contributed by atoms with Crippen LogP contribution in [0.15, 0.2) is 18.2 Å². The summed E-state index contributed by atoms with van der Waals surface area (Å²) >= 11 is 12.0. The van der Waals surface area contributed by atoms with Crippen LogP contribution in [0.4, 0.5) is 8.78 Å². The Balaban J connectivity index is 1.49. The lowest BCUT2D eigenvalue weighted by molar-refractivity contribution is -0.148. The molecule has 23 heavy (non-hydrogen) atoms. The van der Waals surface area contributed by atoms with Crippen LogP contribution >= 0.6 is 23.2 Å². The molecule has 1 aliphatic carbocycles. The van der Waals surface area contributed by atoms with E-state index in [4.69, 9.17) is 27.9 Å². The molecule has 0 radical (unpaired) electrons. The van der Waals surface area contributed by atoms with Crippen molar-refractivity contribution in [2.45, 2.75) is 37.7 Å². The number of likely N-dealkylation sites (tertiary alicyclic amines) is 1. The van der Waals surface area contributed by atoms with E-state index in [0.29, 0.717) is 28.9 Å². The molecule has 0 unspecified atom stereocenters. The van der Waals surface area contributed by atoms with E-state index in [1.807, 2.05) is 0 Å². The molecule has 0 N–H and O–H groups in total. The first-order valence-electron chi connectivity index (χ1n) is 7.63. The quantitative estimate of drug-likeness (QED) is 0.795. The van der Waals surface area contributed by atoms with Crippen LogP contribution in [-0.2, 0) is 4.79 Å². The highest BCUT2D eigenvalue weighted by Gasteiger charge is 2.41. The number of hydrogen-bond acceptors (Lipinski definition) is 2. The number of benzene rings is 1. The number of alkyl halides is 2. The monoisotopic (exact) mass is 363 g/mol. The van der Waals surface area contributed by atoms with Gasteiger partial charge in [-0.1, -0.05) is 29.3 Å². The van der Waals surface area contributed by atoms with Crippen LogP contribution < -0.4 is 4.74 Å². The Hall–Kier alpha value is -1.07. The summed E-state index contributed by atoms with van der Waals surface area (Å²) in [6, 6.07) is 5.14. The predicted molar refractivity (Wildman–Crippen MR) is 84.4 cm³/mol. The van der Waals surface area contributed by atoms with Crippen molar-refractivity contribution >= 4 is 29.1 Å². The predicted octanol–water partition coefficient (Wildman–Crippen LogP) is 4.41. The lowest BCUT2D eigenvalue weighted by atomic mass is 9.85. The van der Waals surface area contributed by atoms with Crippen molar-refractivity contribution in [3.63, 3.8) is 0 Å². The Kier molecular flexibility index (Phi) is 4.70. The van der Waals surface area contributed by atoms with E-state index in [1.165, 1.54) is 0 Å². The third-order valence-electron chi connectivity index (χ3n) is 4.44. The summed E-state index contributed by atoms with van der Waals surface area (Å²) in [6.45, 7) is 0.906. The number of carbonyl (C=O) groups is 1. The molecule has 0 atom stereocenters. The van der Waals surface area contributed by atoms with E-state index in [2.05, 4.69) is 0 Å². The first-order valence-corrected chi connectivity index (χ1v) is 8.38. The van der Waals surface area contributed by atoms with Crippen molar-refractivity contribution in [2.75, 3.05) is 13.1 Å². The molecule has 2 aliphatic rings. The van der Waals surface area contributed by atoms with Crippen LogP contribution in [0, 0.1) is 5.92 Å². The van der Waals surface area contributed by atoms with Crippen molar-refractivity contribution < 1.29 is 18.3 Å². The summed E-state index contributed by atoms with van der Waals surface area (Å²) in [4.78, 5) is 14.0. The molecular formula is C16H17Cl2F2NO2. The second-order valence-corrected chi connectivity index (χ2v) is 6.95. The Morgan fingerprint density at radius 2 is 1.87 bits per heavy atom. The Bertz CT molecular complexity index is 596. The minimum atomic E-state index is -2.61. The standard InChI is InChI=1S/C16H17Cl2F2NO2/c17-12-2-1-3-13(14(12)18)23-11-8-21(9-11)15(22)10-4-6-16(19,20)7-5-10/h1-3,10-11H,4-9H2. The zero-order valence-electron chi connectivity index (χ0n) is 12.4. The van der Waals surface area contributed by atoms with Crippen LogP contribution in [0.5, 0.6) is 5.75 Å². The molecule has 7 heteroatoms. The Morgan fingerprint density at radius 3 is 2.52 bits per heavy atom.